The molecule has 0 heterocycles. The summed E-state index contributed by atoms with van der Waals surface area (Å²) >= 11 is 0. The summed E-state index contributed by atoms with van der Waals surface area (Å²) < 4.78 is 5.07. The lowest BCUT2D eigenvalue weighted by Gasteiger charge is -2.28. The minimum atomic E-state index is -0.0205. The Labute approximate surface area is 97.9 Å². The molecule has 2 atom stereocenters. The summed E-state index contributed by atoms with van der Waals surface area (Å²) in [5.74, 6) is 0.0805. The maximum atomic E-state index is 11.6. The van der Waals surface area contributed by atoms with Crippen LogP contribution in [0.3, 0.4) is 0 Å². The van der Waals surface area contributed by atoms with Gasteiger partial charge in [-0.05, 0) is 45.7 Å². The van der Waals surface area contributed by atoms with Crippen LogP contribution < -0.4 is 11.1 Å². The molecule has 0 bridgehead atoms. The average molecular weight is 228 g/mol. The van der Waals surface area contributed by atoms with E-state index < -0.39 is 0 Å². The molecule has 2 unspecified atom stereocenters. The van der Waals surface area contributed by atoms with Crippen LogP contribution in [0, 0.1) is 5.92 Å². The van der Waals surface area contributed by atoms with E-state index in [-0.39, 0.29) is 11.9 Å². The summed E-state index contributed by atoms with van der Waals surface area (Å²) in [6.45, 7) is 4.02. The molecule has 1 aliphatic rings. The van der Waals surface area contributed by atoms with Gasteiger partial charge in [-0.25, -0.2) is 0 Å². The molecule has 0 aromatic carbocycles. The molecule has 0 saturated heterocycles. The Morgan fingerprint density at radius 3 is 3.00 bits per heavy atom. The van der Waals surface area contributed by atoms with Crippen LogP contribution in [0.15, 0.2) is 0 Å². The van der Waals surface area contributed by atoms with E-state index in [2.05, 4.69) is 5.32 Å². The maximum Gasteiger partial charge on any atom is 0.308 e. The lowest BCUT2D eigenvalue weighted by molar-refractivity contribution is -0.149. The van der Waals surface area contributed by atoms with E-state index in [9.17, 15) is 4.79 Å². The second kappa shape index (κ2) is 7.63. The third-order valence-corrected chi connectivity index (χ3v) is 3.11. The van der Waals surface area contributed by atoms with Gasteiger partial charge in [-0.2, -0.15) is 0 Å². The zero-order chi connectivity index (χ0) is 11.8. The highest BCUT2D eigenvalue weighted by molar-refractivity contribution is 5.72. The van der Waals surface area contributed by atoms with E-state index in [1.165, 1.54) is 6.42 Å². The number of rotatable bonds is 6. The van der Waals surface area contributed by atoms with Gasteiger partial charge in [-0.15, -0.1) is 0 Å². The van der Waals surface area contributed by atoms with Crippen molar-refractivity contribution in [2.75, 3.05) is 19.7 Å². The van der Waals surface area contributed by atoms with Gasteiger partial charge in [0.1, 0.15) is 0 Å². The molecule has 0 aromatic heterocycles. The van der Waals surface area contributed by atoms with Gasteiger partial charge in [-0.1, -0.05) is 6.42 Å². The minimum Gasteiger partial charge on any atom is -0.466 e. The van der Waals surface area contributed by atoms with Crippen LogP contribution in [0.2, 0.25) is 0 Å². The Kier molecular flexibility index (Phi) is 6.42. The molecule has 94 valence electrons. The standard InChI is InChI=1S/C12H24N2O2/c1-2-16-12(15)10-5-3-6-11(9-10)14-8-4-7-13/h10-11,14H,2-9,13H2,1H3. The number of carbonyl (C=O) groups is 1. The van der Waals surface area contributed by atoms with Crippen molar-refractivity contribution < 1.29 is 9.53 Å². The van der Waals surface area contributed by atoms with Crippen LogP contribution in [0.5, 0.6) is 0 Å². The molecule has 0 aliphatic heterocycles. The first kappa shape index (κ1) is 13.5. The fraction of sp³-hybridized carbons (Fsp3) is 0.917. The van der Waals surface area contributed by atoms with Gasteiger partial charge in [0.15, 0.2) is 0 Å². The Morgan fingerprint density at radius 1 is 1.50 bits per heavy atom. The molecular formula is C12H24N2O2. The number of hydrogen-bond acceptors (Lipinski definition) is 4. The number of nitrogens with one attached hydrogen (secondary N) is 1. The Bertz CT molecular complexity index is 209. The summed E-state index contributed by atoms with van der Waals surface area (Å²) in [5, 5.41) is 3.46. The van der Waals surface area contributed by atoms with Crippen molar-refractivity contribution in [2.24, 2.45) is 11.7 Å². The van der Waals surface area contributed by atoms with Crippen molar-refractivity contribution >= 4 is 5.97 Å². The predicted octanol–water partition coefficient (Wildman–Crippen LogP) is 1.05. The number of ether oxygens (including phenoxy) is 1. The zero-order valence-corrected chi connectivity index (χ0v) is 10.2. The monoisotopic (exact) mass is 228 g/mol. The first-order valence-electron chi connectivity index (χ1n) is 6.38. The quantitative estimate of drug-likeness (QED) is 0.527. The third-order valence-electron chi connectivity index (χ3n) is 3.11. The van der Waals surface area contributed by atoms with Crippen LogP contribution >= 0.6 is 0 Å². The minimum absolute atomic E-state index is 0.0205. The smallest absolute Gasteiger partial charge is 0.308 e. The third kappa shape index (κ3) is 4.49. The normalized spacial score (nSPS) is 25.4. The van der Waals surface area contributed by atoms with Gasteiger partial charge >= 0.3 is 5.97 Å². The van der Waals surface area contributed by atoms with Crippen LogP contribution in [0.4, 0.5) is 0 Å². The molecular weight excluding hydrogens is 204 g/mol. The van der Waals surface area contributed by atoms with E-state index in [1.807, 2.05) is 6.92 Å². The van der Waals surface area contributed by atoms with Gasteiger partial charge in [0.05, 0.1) is 12.5 Å². The highest BCUT2D eigenvalue weighted by Crippen LogP contribution is 2.25. The van der Waals surface area contributed by atoms with Crippen molar-refractivity contribution in [2.45, 2.75) is 45.1 Å². The average Bonchev–Trinajstić information content (AvgIpc) is 2.30. The van der Waals surface area contributed by atoms with Gasteiger partial charge < -0.3 is 15.8 Å². The highest BCUT2D eigenvalue weighted by atomic mass is 16.5. The predicted molar refractivity (Wildman–Crippen MR) is 64.1 cm³/mol. The molecule has 16 heavy (non-hydrogen) atoms. The number of hydrogen-bond donors (Lipinski definition) is 2. The molecule has 1 fully saturated rings. The Morgan fingerprint density at radius 2 is 2.31 bits per heavy atom. The summed E-state index contributed by atoms with van der Waals surface area (Å²) in [6.07, 6.45) is 5.18. The van der Waals surface area contributed by atoms with E-state index >= 15 is 0 Å². The molecule has 1 aliphatic carbocycles. The largest absolute Gasteiger partial charge is 0.466 e. The van der Waals surface area contributed by atoms with Gasteiger partial charge in [0.25, 0.3) is 0 Å². The molecule has 0 spiro atoms. The fourth-order valence-corrected chi connectivity index (χ4v) is 2.26. The van der Waals surface area contributed by atoms with Gasteiger partial charge in [-0.3, -0.25) is 4.79 Å². The Balaban J connectivity index is 2.26. The fourth-order valence-electron chi connectivity index (χ4n) is 2.26. The maximum absolute atomic E-state index is 11.6. The molecule has 1 saturated carbocycles. The van der Waals surface area contributed by atoms with Crippen LogP contribution in [-0.4, -0.2) is 31.7 Å². The van der Waals surface area contributed by atoms with Crippen molar-refractivity contribution in [1.29, 1.82) is 0 Å². The number of esters is 1. The molecule has 3 N–H and O–H groups in total. The summed E-state index contributed by atoms with van der Waals surface area (Å²) in [4.78, 5) is 11.6. The van der Waals surface area contributed by atoms with Crippen molar-refractivity contribution in [3.05, 3.63) is 0 Å². The molecule has 4 nitrogen and oxygen atoms in total. The number of nitrogens with two attached hydrogens (primary N) is 1. The zero-order valence-electron chi connectivity index (χ0n) is 10.2. The van der Waals surface area contributed by atoms with E-state index in [0.717, 1.165) is 38.8 Å². The SMILES string of the molecule is CCOC(=O)C1CCCC(NCCCN)C1. The summed E-state index contributed by atoms with van der Waals surface area (Å²) in [6, 6.07) is 0.467. The van der Waals surface area contributed by atoms with Gasteiger partial charge in [0, 0.05) is 6.04 Å². The second-order valence-corrected chi connectivity index (χ2v) is 4.41. The van der Waals surface area contributed by atoms with Crippen LogP contribution in [0.25, 0.3) is 0 Å². The summed E-state index contributed by atoms with van der Waals surface area (Å²) in [5.41, 5.74) is 5.45. The molecule has 1 rings (SSSR count). The van der Waals surface area contributed by atoms with Crippen molar-refractivity contribution in [3.63, 3.8) is 0 Å². The molecule has 4 heteroatoms. The van der Waals surface area contributed by atoms with E-state index in [1.54, 1.807) is 0 Å². The number of carbonyl (C=O) groups excluding carboxylic acids is 1. The van der Waals surface area contributed by atoms with Gasteiger partial charge in [0.2, 0.25) is 0 Å². The Hall–Kier alpha value is -0.610. The first-order chi connectivity index (χ1) is 7.77. The van der Waals surface area contributed by atoms with Crippen LogP contribution in [-0.2, 0) is 9.53 Å². The van der Waals surface area contributed by atoms with E-state index in [4.69, 9.17) is 10.5 Å². The van der Waals surface area contributed by atoms with E-state index in [0.29, 0.717) is 12.6 Å². The van der Waals surface area contributed by atoms with Crippen molar-refractivity contribution in [1.82, 2.24) is 5.32 Å². The summed E-state index contributed by atoms with van der Waals surface area (Å²) in [7, 11) is 0. The lowest BCUT2D eigenvalue weighted by Crippen LogP contribution is -2.37. The molecule has 0 radical (unpaired) electrons. The topological polar surface area (TPSA) is 64.3 Å². The second-order valence-electron chi connectivity index (χ2n) is 4.41. The molecule has 0 amide bonds. The lowest BCUT2D eigenvalue weighted by atomic mass is 9.85. The molecule has 0 aromatic rings. The van der Waals surface area contributed by atoms with Crippen molar-refractivity contribution in [3.8, 4) is 0 Å². The first-order valence-corrected chi connectivity index (χ1v) is 6.38. The highest BCUT2D eigenvalue weighted by Gasteiger charge is 2.27. The van der Waals surface area contributed by atoms with Crippen LogP contribution in [0.1, 0.15) is 39.0 Å².